The summed E-state index contributed by atoms with van der Waals surface area (Å²) in [5, 5.41) is 0.307. The van der Waals surface area contributed by atoms with E-state index in [0.717, 1.165) is 0 Å². The van der Waals surface area contributed by atoms with Crippen molar-refractivity contribution in [3.8, 4) is 11.8 Å². The fourth-order valence-corrected chi connectivity index (χ4v) is 2.59. The Morgan fingerprint density at radius 3 is 2.76 bits per heavy atom. The van der Waals surface area contributed by atoms with Crippen LogP contribution in [-0.2, 0) is 14.8 Å². The first-order valence-electron chi connectivity index (χ1n) is 6.44. The van der Waals surface area contributed by atoms with Gasteiger partial charge in [0.25, 0.3) is 0 Å². The van der Waals surface area contributed by atoms with Crippen molar-refractivity contribution in [3.63, 3.8) is 0 Å². The van der Waals surface area contributed by atoms with Crippen LogP contribution in [0.15, 0.2) is 18.2 Å². The van der Waals surface area contributed by atoms with E-state index in [9.17, 15) is 8.42 Å². The second kappa shape index (κ2) is 8.25. The summed E-state index contributed by atoms with van der Waals surface area (Å²) < 4.78 is 31.6. The summed E-state index contributed by atoms with van der Waals surface area (Å²) >= 11 is 5.99. The van der Waals surface area contributed by atoms with E-state index in [-0.39, 0.29) is 25.0 Å². The van der Waals surface area contributed by atoms with E-state index in [1.54, 1.807) is 18.2 Å². The lowest BCUT2D eigenvalue weighted by molar-refractivity contribution is 0.0913. The van der Waals surface area contributed by atoms with E-state index in [2.05, 4.69) is 16.6 Å². The minimum atomic E-state index is -3.52. The van der Waals surface area contributed by atoms with Gasteiger partial charge in [0, 0.05) is 5.56 Å². The number of ether oxygens (including phenoxy) is 1. The van der Waals surface area contributed by atoms with Crippen LogP contribution in [0, 0.1) is 11.8 Å². The van der Waals surface area contributed by atoms with Gasteiger partial charge in [0.15, 0.2) is 0 Å². The van der Waals surface area contributed by atoms with Crippen LogP contribution in [-0.4, -0.2) is 33.4 Å². The molecule has 0 saturated heterocycles. The average molecular weight is 331 g/mol. The molecule has 0 atom stereocenters. The Bertz CT molecular complexity index is 633. The molecule has 5 nitrogen and oxygen atoms in total. The number of benzene rings is 1. The normalized spacial score (nSPS) is 11.1. The van der Waals surface area contributed by atoms with Gasteiger partial charge in [0.05, 0.1) is 35.7 Å². The topological polar surface area (TPSA) is 81.4 Å². The molecule has 0 aliphatic rings. The van der Waals surface area contributed by atoms with Gasteiger partial charge in [0.1, 0.15) is 0 Å². The van der Waals surface area contributed by atoms with Gasteiger partial charge in [-0.05, 0) is 32.0 Å². The number of rotatable bonds is 6. The summed E-state index contributed by atoms with van der Waals surface area (Å²) in [4.78, 5) is 0. The summed E-state index contributed by atoms with van der Waals surface area (Å²) in [5.74, 6) is 5.38. The highest BCUT2D eigenvalue weighted by Gasteiger charge is 2.13. The lowest BCUT2D eigenvalue weighted by Gasteiger charge is -2.11. The maximum Gasteiger partial charge on any atom is 0.235 e. The molecule has 0 bridgehead atoms. The molecule has 1 aromatic carbocycles. The zero-order chi connectivity index (χ0) is 15.9. The fraction of sp³-hybridized carbons (Fsp3) is 0.429. The lowest BCUT2D eigenvalue weighted by Crippen LogP contribution is -2.21. The summed E-state index contributed by atoms with van der Waals surface area (Å²) in [5.41, 5.74) is 6.24. The first-order valence-corrected chi connectivity index (χ1v) is 8.47. The zero-order valence-corrected chi connectivity index (χ0v) is 13.6. The number of hydrogen-bond donors (Lipinski definition) is 2. The van der Waals surface area contributed by atoms with Gasteiger partial charge in [-0.25, -0.2) is 8.42 Å². The van der Waals surface area contributed by atoms with Crippen molar-refractivity contribution >= 4 is 27.3 Å². The molecular formula is C14H19ClN2O3S. The smallest absolute Gasteiger partial charge is 0.235 e. The first kappa shape index (κ1) is 17.8. The monoisotopic (exact) mass is 330 g/mol. The van der Waals surface area contributed by atoms with E-state index in [4.69, 9.17) is 22.1 Å². The lowest BCUT2D eigenvalue weighted by atomic mass is 10.2. The van der Waals surface area contributed by atoms with Gasteiger partial charge >= 0.3 is 0 Å². The van der Waals surface area contributed by atoms with Crippen molar-refractivity contribution in [2.75, 3.05) is 23.6 Å². The molecule has 3 N–H and O–H groups in total. The van der Waals surface area contributed by atoms with Crippen LogP contribution in [0.4, 0.5) is 5.69 Å². The summed E-state index contributed by atoms with van der Waals surface area (Å²) in [6.45, 7) is 4.04. The molecular weight excluding hydrogens is 312 g/mol. The highest BCUT2D eigenvalue weighted by Crippen LogP contribution is 2.23. The Kier molecular flexibility index (Phi) is 6.99. The minimum absolute atomic E-state index is 0.0151. The van der Waals surface area contributed by atoms with E-state index >= 15 is 0 Å². The van der Waals surface area contributed by atoms with Crippen molar-refractivity contribution in [1.29, 1.82) is 0 Å². The number of halogens is 1. The fourth-order valence-electron chi connectivity index (χ4n) is 1.45. The second-order valence-corrected chi connectivity index (χ2v) is 6.79. The van der Waals surface area contributed by atoms with Crippen LogP contribution < -0.4 is 10.5 Å². The third-order valence-corrected chi connectivity index (χ3v) is 3.93. The average Bonchev–Trinajstić information content (AvgIpc) is 2.38. The molecule has 1 aromatic rings. The standard InChI is InChI=1S/C14H19ClN2O3S/c1-11(2)20-8-9-21(18,19)17-14-10-12(4-3-7-16)5-6-13(14)15/h5-6,10-11,17H,7-9,16H2,1-2H3. The van der Waals surface area contributed by atoms with Gasteiger partial charge < -0.3 is 10.5 Å². The van der Waals surface area contributed by atoms with Crippen LogP contribution in [0.25, 0.3) is 0 Å². The quantitative estimate of drug-likeness (QED) is 0.779. The van der Waals surface area contributed by atoms with E-state index in [1.165, 1.54) is 0 Å². The van der Waals surface area contributed by atoms with Gasteiger partial charge in [-0.2, -0.15) is 0 Å². The Hall–Kier alpha value is -1.26. The minimum Gasteiger partial charge on any atom is -0.378 e. The molecule has 0 saturated carbocycles. The SMILES string of the molecule is CC(C)OCCS(=O)(=O)Nc1cc(C#CCN)ccc1Cl. The van der Waals surface area contributed by atoms with Gasteiger partial charge in [-0.1, -0.05) is 23.4 Å². The number of nitrogens with two attached hydrogens (primary N) is 1. The molecule has 0 unspecified atom stereocenters. The van der Waals surface area contributed by atoms with Crippen LogP contribution in [0.2, 0.25) is 5.02 Å². The first-order chi connectivity index (χ1) is 9.84. The molecule has 21 heavy (non-hydrogen) atoms. The van der Waals surface area contributed by atoms with Crippen molar-refractivity contribution < 1.29 is 13.2 Å². The van der Waals surface area contributed by atoms with E-state index in [1.807, 2.05) is 13.8 Å². The summed E-state index contributed by atoms with van der Waals surface area (Å²) in [6.07, 6.45) is -0.0151. The number of anilines is 1. The molecule has 0 spiro atoms. The number of hydrogen-bond acceptors (Lipinski definition) is 4. The second-order valence-electron chi connectivity index (χ2n) is 4.54. The molecule has 0 aromatic heterocycles. The predicted octanol–water partition coefficient (Wildman–Crippen LogP) is 1.82. The molecule has 7 heteroatoms. The Morgan fingerprint density at radius 2 is 2.14 bits per heavy atom. The Morgan fingerprint density at radius 1 is 1.43 bits per heavy atom. The summed E-state index contributed by atoms with van der Waals surface area (Å²) in [6, 6.07) is 4.86. The maximum atomic E-state index is 12.0. The van der Waals surface area contributed by atoms with Gasteiger partial charge in [-0.15, -0.1) is 0 Å². The molecule has 0 aliphatic carbocycles. The Balaban J connectivity index is 2.81. The number of nitrogens with one attached hydrogen (secondary N) is 1. The van der Waals surface area contributed by atoms with Crippen LogP contribution >= 0.6 is 11.6 Å². The highest BCUT2D eigenvalue weighted by atomic mass is 35.5. The van der Waals surface area contributed by atoms with Crippen molar-refractivity contribution in [2.45, 2.75) is 20.0 Å². The van der Waals surface area contributed by atoms with E-state index < -0.39 is 10.0 Å². The van der Waals surface area contributed by atoms with Gasteiger partial charge in [-0.3, -0.25) is 4.72 Å². The van der Waals surface area contributed by atoms with Crippen molar-refractivity contribution in [1.82, 2.24) is 0 Å². The van der Waals surface area contributed by atoms with Crippen LogP contribution in [0.1, 0.15) is 19.4 Å². The van der Waals surface area contributed by atoms with Crippen LogP contribution in [0.3, 0.4) is 0 Å². The molecule has 0 heterocycles. The van der Waals surface area contributed by atoms with E-state index in [0.29, 0.717) is 16.3 Å². The van der Waals surface area contributed by atoms with Crippen LogP contribution in [0.5, 0.6) is 0 Å². The molecule has 1 rings (SSSR count). The largest absolute Gasteiger partial charge is 0.378 e. The van der Waals surface area contributed by atoms with Crippen molar-refractivity contribution in [3.05, 3.63) is 28.8 Å². The zero-order valence-electron chi connectivity index (χ0n) is 12.0. The Labute approximate surface area is 130 Å². The maximum absolute atomic E-state index is 12.0. The molecule has 0 radical (unpaired) electrons. The molecule has 0 amide bonds. The van der Waals surface area contributed by atoms with Gasteiger partial charge in [0.2, 0.25) is 10.0 Å². The summed E-state index contributed by atoms with van der Waals surface area (Å²) in [7, 11) is -3.52. The van der Waals surface area contributed by atoms with Crippen molar-refractivity contribution in [2.24, 2.45) is 5.73 Å². The predicted molar refractivity (Wildman–Crippen MR) is 85.9 cm³/mol. The highest BCUT2D eigenvalue weighted by molar-refractivity contribution is 7.92. The molecule has 0 fully saturated rings. The molecule has 116 valence electrons. The molecule has 0 aliphatic heterocycles. The third kappa shape index (κ3) is 6.82. The number of sulfonamides is 1. The third-order valence-electron chi connectivity index (χ3n) is 2.37.